The van der Waals surface area contributed by atoms with Gasteiger partial charge in [0.2, 0.25) is 0 Å². The van der Waals surface area contributed by atoms with Crippen molar-refractivity contribution >= 4 is 5.69 Å². The van der Waals surface area contributed by atoms with E-state index in [1.54, 1.807) is 0 Å². The number of hydroxylamine groups is 1. The SMILES string of the molecule is O=NON1CCc2ccccc21.[H-].[Na+]. The molecule has 0 spiro atoms. The van der Waals surface area contributed by atoms with Gasteiger partial charge in [0.05, 0.1) is 12.2 Å². The molecule has 1 aliphatic rings. The van der Waals surface area contributed by atoms with Crippen LogP contribution in [0.2, 0.25) is 0 Å². The fraction of sp³-hybridized carbons (Fsp3) is 0.250. The third-order valence-electron chi connectivity index (χ3n) is 1.98. The monoisotopic (exact) mass is 188 g/mol. The summed E-state index contributed by atoms with van der Waals surface area (Å²) in [5, 5.41) is 3.89. The average Bonchev–Trinajstić information content (AvgIpc) is 2.50. The van der Waals surface area contributed by atoms with Gasteiger partial charge in [0, 0.05) is 0 Å². The number of fused-ring (bicyclic) bond motifs is 1. The van der Waals surface area contributed by atoms with E-state index in [9.17, 15) is 4.91 Å². The van der Waals surface area contributed by atoms with Gasteiger partial charge in [0.25, 0.3) is 0 Å². The molecule has 5 heteroatoms. The Bertz CT molecular complexity index is 311. The first-order valence-corrected chi connectivity index (χ1v) is 3.77. The quantitative estimate of drug-likeness (QED) is 0.332. The molecule has 4 nitrogen and oxygen atoms in total. The van der Waals surface area contributed by atoms with E-state index in [-0.39, 0.29) is 31.0 Å². The second-order valence-corrected chi connectivity index (χ2v) is 2.64. The fourth-order valence-electron chi connectivity index (χ4n) is 1.43. The first-order chi connectivity index (χ1) is 5.92. The Kier molecular flexibility index (Phi) is 3.71. The third-order valence-corrected chi connectivity index (χ3v) is 1.98. The van der Waals surface area contributed by atoms with Gasteiger partial charge in [-0.05, 0) is 18.1 Å². The van der Waals surface area contributed by atoms with E-state index < -0.39 is 0 Å². The van der Waals surface area contributed by atoms with Gasteiger partial charge in [-0.1, -0.05) is 18.2 Å². The van der Waals surface area contributed by atoms with Crippen LogP contribution in [-0.2, 0) is 11.4 Å². The zero-order valence-corrected chi connectivity index (χ0v) is 9.43. The van der Waals surface area contributed by atoms with Gasteiger partial charge >= 0.3 is 29.6 Å². The zero-order chi connectivity index (χ0) is 8.39. The van der Waals surface area contributed by atoms with Crippen molar-refractivity contribution in [2.24, 2.45) is 5.34 Å². The minimum atomic E-state index is 0. The minimum absolute atomic E-state index is 0. The number of rotatable bonds is 2. The van der Waals surface area contributed by atoms with Crippen LogP contribution in [0.4, 0.5) is 5.69 Å². The summed E-state index contributed by atoms with van der Waals surface area (Å²) in [6, 6.07) is 7.80. The normalized spacial score (nSPS) is 13.1. The molecule has 0 saturated heterocycles. The van der Waals surface area contributed by atoms with Crippen LogP contribution in [0.5, 0.6) is 0 Å². The maximum Gasteiger partial charge on any atom is 1.00 e. The van der Waals surface area contributed by atoms with Crippen LogP contribution in [0, 0.1) is 4.91 Å². The molecule has 0 saturated carbocycles. The number of benzene rings is 1. The molecule has 13 heavy (non-hydrogen) atoms. The Labute approximate surface area is 99.5 Å². The Morgan fingerprint density at radius 1 is 1.46 bits per heavy atom. The molecule has 0 aliphatic carbocycles. The van der Waals surface area contributed by atoms with Crippen molar-refractivity contribution in [3.05, 3.63) is 34.7 Å². The summed E-state index contributed by atoms with van der Waals surface area (Å²) in [4.78, 5) is 14.4. The van der Waals surface area contributed by atoms with Crippen LogP contribution in [0.1, 0.15) is 6.99 Å². The Hall–Kier alpha value is -0.580. The molecule has 1 aromatic rings. The fourth-order valence-corrected chi connectivity index (χ4v) is 1.43. The van der Waals surface area contributed by atoms with E-state index in [4.69, 9.17) is 0 Å². The number of anilines is 1. The third kappa shape index (κ3) is 2.02. The molecule has 1 heterocycles. The second kappa shape index (κ2) is 4.60. The Balaban J connectivity index is 0.000000845. The smallest absolute Gasteiger partial charge is 1.00 e. The van der Waals surface area contributed by atoms with Crippen LogP contribution < -0.4 is 34.6 Å². The van der Waals surface area contributed by atoms with Crippen LogP contribution in [0.25, 0.3) is 0 Å². The molecule has 0 atom stereocenters. The predicted molar refractivity (Wildman–Crippen MR) is 45.5 cm³/mol. The standard InChI is InChI=1S/C8H8N2O2.Na.H/c11-9-12-10-6-5-7-3-1-2-4-8(7)10;;/h1-4H,5-6H2;;/q;+1;-1. The summed E-state index contributed by atoms with van der Waals surface area (Å²) >= 11 is 0. The molecule has 0 aromatic heterocycles. The summed E-state index contributed by atoms with van der Waals surface area (Å²) < 4.78 is 0. The number of nitrogens with zero attached hydrogens (tertiary/aromatic N) is 2. The molecule has 0 amide bonds. The molecule has 2 rings (SSSR count). The van der Waals surface area contributed by atoms with Crippen LogP contribution >= 0.6 is 0 Å². The van der Waals surface area contributed by atoms with Gasteiger partial charge in [0.1, 0.15) is 0 Å². The number of para-hydroxylation sites is 1. The van der Waals surface area contributed by atoms with E-state index in [2.05, 4.69) is 10.3 Å². The summed E-state index contributed by atoms with van der Waals surface area (Å²) in [5.74, 6) is 0. The molecule has 1 aromatic carbocycles. The maximum atomic E-state index is 9.86. The molecule has 0 fully saturated rings. The van der Waals surface area contributed by atoms with Crippen LogP contribution in [0.3, 0.4) is 0 Å². The first-order valence-electron chi connectivity index (χ1n) is 3.77. The molecule has 0 radical (unpaired) electrons. The minimum Gasteiger partial charge on any atom is -1.00 e. The summed E-state index contributed by atoms with van der Waals surface area (Å²) in [5.41, 5.74) is 2.14. The van der Waals surface area contributed by atoms with Crippen molar-refractivity contribution in [3.63, 3.8) is 0 Å². The largest absolute Gasteiger partial charge is 1.00 e. The van der Waals surface area contributed by atoms with Crippen molar-refractivity contribution in [1.82, 2.24) is 0 Å². The van der Waals surface area contributed by atoms with E-state index in [1.807, 2.05) is 24.3 Å². The number of hydrogen-bond acceptors (Lipinski definition) is 4. The topological polar surface area (TPSA) is 41.9 Å². The van der Waals surface area contributed by atoms with Crippen molar-refractivity contribution in [2.75, 3.05) is 11.6 Å². The summed E-state index contributed by atoms with van der Waals surface area (Å²) in [6.07, 6.45) is 0.908. The average molecular weight is 188 g/mol. The molecule has 0 unspecified atom stereocenters. The van der Waals surface area contributed by atoms with Crippen molar-refractivity contribution < 1.29 is 35.9 Å². The second-order valence-electron chi connectivity index (χ2n) is 2.64. The van der Waals surface area contributed by atoms with Crippen molar-refractivity contribution in [2.45, 2.75) is 6.42 Å². The van der Waals surface area contributed by atoms with Gasteiger partial charge in [-0.15, -0.1) is 4.91 Å². The van der Waals surface area contributed by atoms with Gasteiger partial charge < -0.3 is 1.43 Å². The maximum absolute atomic E-state index is 9.86. The predicted octanol–water partition coefficient (Wildman–Crippen LogP) is -1.22. The van der Waals surface area contributed by atoms with Gasteiger partial charge in [-0.25, -0.2) is 4.94 Å². The van der Waals surface area contributed by atoms with Crippen LogP contribution in [-0.4, -0.2) is 6.54 Å². The summed E-state index contributed by atoms with van der Waals surface area (Å²) in [6.45, 7) is 0.699. The van der Waals surface area contributed by atoms with Gasteiger partial charge in [0.15, 0.2) is 5.34 Å². The molecular formula is C8H9N2NaO2. The van der Waals surface area contributed by atoms with E-state index in [0.717, 1.165) is 12.1 Å². The van der Waals surface area contributed by atoms with Crippen molar-refractivity contribution in [1.29, 1.82) is 0 Å². The Morgan fingerprint density at radius 2 is 2.23 bits per heavy atom. The first kappa shape index (κ1) is 10.5. The number of hydrogen-bond donors (Lipinski definition) is 0. The molecule has 64 valence electrons. The Morgan fingerprint density at radius 3 is 3.00 bits per heavy atom. The summed E-state index contributed by atoms with van der Waals surface area (Å²) in [7, 11) is 0. The molecular weight excluding hydrogens is 179 g/mol. The van der Waals surface area contributed by atoms with Gasteiger partial charge in [-0.3, -0.25) is 0 Å². The zero-order valence-electron chi connectivity index (χ0n) is 8.43. The van der Waals surface area contributed by atoms with E-state index in [0.29, 0.717) is 6.54 Å². The van der Waals surface area contributed by atoms with Crippen LogP contribution in [0.15, 0.2) is 29.6 Å². The van der Waals surface area contributed by atoms with Crippen molar-refractivity contribution in [3.8, 4) is 0 Å². The van der Waals surface area contributed by atoms with Gasteiger partial charge in [-0.2, -0.15) is 5.06 Å². The van der Waals surface area contributed by atoms with E-state index >= 15 is 0 Å². The molecule has 0 N–H and O–H groups in total. The van der Waals surface area contributed by atoms with E-state index in [1.165, 1.54) is 10.6 Å². The molecule has 1 aliphatic heterocycles. The molecule has 0 bridgehead atoms.